The maximum absolute atomic E-state index is 16.5. The van der Waals surface area contributed by atoms with Crippen molar-refractivity contribution < 1.29 is 33.1 Å². The molecule has 3 aromatic rings. The van der Waals surface area contributed by atoms with Gasteiger partial charge in [0.1, 0.15) is 5.75 Å². The molecular weight excluding hydrogens is 680 g/mol. The fourth-order valence-electron chi connectivity index (χ4n) is 9.09. The molecule has 4 heterocycles. The highest BCUT2D eigenvalue weighted by molar-refractivity contribution is 6.72. The predicted molar refractivity (Wildman–Crippen MR) is 199 cm³/mol. The number of rotatable bonds is 9. The Labute approximate surface area is 305 Å². The lowest BCUT2D eigenvalue weighted by Crippen LogP contribution is -2.48. The Kier molecular flexibility index (Phi) is 10.0. The van der Waals surface area contributed by atoms with Crippen LogP contribution in [0, 0.1) is 11.8 Å². The number of methoxy groups -OCH3 is 1. The number of amides is 3. The number of aliphatic hydroxyl groups is 1. The van der Waals surface area contributed by atoms with Gasteiger partial charge >= 0.3 is 0 Å². The van der Waals surface area contributed by atoms with Crippen LogP contribution in [0.5, 0.6) is 5.75 Å². The molecule has 0 bridgehead atoms. The molecule has 3 N–H and O–H groups in total. The summed E-state index contributed by atoms with van der Waals surface area (Å²) in [6, 6.07) is 20.4. The van der Waals surface area contributed by atoms with Crippen molar-refractivity contribution in [3.63, 3.8) is 0 Å². The fraction of sp³-hybridized carbons (Fsp3) is 0.475. The maximum atomic E-state index is 16.5. The van der Waals surface area contributed by atoms with Crippen molar-refractivity contribution >= 4 is 37.5 Å². The molecule has 7 rings (SSSR count). The number of anilines is 2. The molecule has 3 amide bonds. The number of hydrogen-bond donors (Lipinski definition) is 3. The molecule has 4 aliphatic heterocycles. The Balaban J connectivity index is 1.19. The van der Waals surface area contributed by atoms with Gasteiger partial charge < -0.3 is 39.1 Å². The van der Waals surface area contributed by atoms with Gasteiger partial charge in [-0.1, -0.05) is 43.3 Å². The first-order valence-electron chi connectivity index (χ1n) is 18.4. The summed E-state index contributed by atoms with van der Waals surface area (Å²) in [6.45, 7) is 7.03. The van der Waals surface area contributed by atoms with Crippen LogP contribution in [0.25, 0.3) is 0 Å². The van der Waals surface area contributed by atoms with Crippen LogP contribution in [0.2, 0.25) is 18.6 Å². The number of ether oxygens (including phenoxy) is 2. The zero-order chi connectivity index (χ0) is 36.8. The number of carbonyl (C=O) groups excluding carboxylic acids is 3. The Hall–Kier alpha value is -4.10. The lowest BCUT2D eigenvalue weighted by atomic mass is 9.82. The molecule has 3 aromatic carbocycles. The van der Waals surface area contributed by atoms with E-state index in [0.29, 0.717) is 42.2 Å². The van der Waals surface area contributed by atoms with Crippen LogP contribution in [-0.2, 0) is 44.2 Å². The highest BCUT2D eigenvalue weighted by Crippen LogP contribution is 2.61. The molecule has 0 aliphatic carbocycles. The fourth-order valence-corrected chi connectivity index (χ4v) is 11.6. The number of piperidine rings is 1. The Morgan fingerprint density at radius 1 is 1.12 bits per heavy atom. The number of nitrogens with one attached hydrogen (secondary N) is 2. The summed E-state index contributed by atoms with van der Waals surface area (Å²) >= 11 is 0. The van der Waals surface area contributed by atoms with Gasteiger partial charge in [-0.05, 0) is 85.9 Å². The number of aliphatic hydroxyl groups excluding tert-OH is 1. The second-order valence-electron chi connectivity index (χ2n) is 15.3. The molecule has 0 aromatic heterocycles. The first kappa shape index (κ1) is 36.3. The first-order valence-corrected chi connectivity index (χ1v) is 21.3. The molecule has 276 valence electrons. The summed E-state index contributed by atoms with van der Waals surface area (Å²) in [5, 5.41) is 16.6. The highest BCUT2D eigenvalue weighted by Gasteiger charge is 2.67. The molecule has 1 spiro atoms. The van der Waals surface area contributed by atoms with Crippen LogP contribution in [0.4, 0.5) is 15.5 Å². The van der Waals surface area contributed by atoms with E-state index in [2.05, 4.69) is 10.6 Å². The summed E-state index contributed by atoms with van der Waals surface area (Å²) in [5.41, 5.74) is 2.60. The highest BCUT2D eigenvalue weighted by atomic mass is 28.4. The Morgan fingerprint density at radius 3 is 2.62 bits per heavy atom. The van der Waals surface area contributed by atoms with Crippen LogP contribution in [0.15, 0.2) is 66.7 Å². The van der Waals surface area contributed by atoms with Gasteiger partial charge in [-0.3, -0.25) is 14.4 Å². The van der Waals surface area contributed by atoms with Gasteiger partial charge in [-0.15, -0.1) is 0 Å². The number of halogens is 1. The van der Waals surface area contributed by atoms with E-state index < -0.39 is 37.6 Å². The van der Waals surface area contributed by atoms with Gasteiger partial charge in [0.05, 0.1) is 50.4 Å². The molecule has 0 saturated carbocycles. The van der Waals surface area contributed by atoms with Crippen molar-refractivity contribution in [2.24, 2.45) is 11.8 Å². The van der Waals surface area contributed by atoms with E-state index in [9.17, 15) is 19.5 Å². The van der Waals surface area contributed by atoms with Gasteiger partial charge in [0, 0.05) is 35.8 Å². The molecule has 6 atom stereocenters. The second-order valence-corrected chi connectivity index (χ2v) is 19.1. The SMILES string of the molecule is COc1ccc2c(c1)[C@@]1(O[C@H](CC(=O)N3Cc4ccccc4C[C@H]3CO)[C@@H]([Si](C)(C)F)[C@@H]1C)C(=O)N2Cc1cccc(NC(=O)C2CCCNC2)c1. The van der Waals surface area contributed by atoms with Crippen molar-refractivity contribution in [1.82, 2.24) is 10.2 Å². The third-order valence-electron chi connectivity index (χ3n) is 11.6. The largest absolute Gasteiger partial charge is 0.497 e. The third kappa shape index (κ3) is 6.54. The van der Waals surface area contributed by atoms with Crippen molar-refractivity contribution in [2.75, 3.05) is 37.0 Å². The number of nitrogens with zero attached hydrogens (tertiary/aromatic N) is 2. The van der Waals surface area contributed by atoms with Crippen LogP contribution in [0.1, 0.15) is 48.4 Å². The van der Waals surface area contributed by atoms with Gasteiger partial charge in [-0.2, -0.15) is 0 Å². The van der Waals surface area contributed by atoms with Crippen LogP contribution >= 0.6 is 0 Å². The quantitative estimate of drug-likeness (QED) is 0.202. The minimum absolute atomic E-state index is 0.0325. The standard InChI is InChI=1S/C40H49FN4O6Si/c1-25-37(52(3,4)41)35(20-36(47)44-23-29-11-6-5-10-27(29)18-31(44)24-46)51-40(25)33-19-32(50-2)14-15-34(33)45(39(40)49)22-26-9-7-13-30(17-26)43-38(48)28-12-8-16-42-21-28/h5-7,9-11,13-15,17,19,25,28,31,35,37,42,46H,8,12,16,18,20-24H2,1-4H3,(H,43,48)/t25-,28?,31-,35+,37-,40+/m0/s1. The molecule has 12 heteroatoms. The van der Waals surface area contributed by atoms with E-state index in [1.54, 1.807) is 42.1 Å². The minimum Gasteiger partial charge on any atom is -0.497 e. The lowest BCUT2D eigenvalue weighted by molar-refractivity contribution is -0.151. The van der Waals surface area contributed by atoms with E-state index in [1.165, 1.54) is 0 Å². The maximum Gasteiger partial charge on any atom is 0.264 e. The average molecular weight is 729 g/mol. The summed E-state index contributed by atoms with van der Waals surface area (Å²) in [7, 11) is -1.98. The van der Waals surface area contributed by atoms with E-state index in [1.807, 2.05) is 61.5 Å². The number of carbonyl (C=O) groups is 3. The van der Waals surface area contributed by atoms with Crippen molar-refractivity contribution in [2.45, 2.75) is 82.1 Å². The van der Waals surface area contributed by atoms with Crippen molar-refractivity contribution in [3.05, 3.63) is 89.0 Å². The predicted octanol–water partition coefficient (Wildman–Crippen LogP) is 5.29. The van der Waals surface area contributed by atoms with Crippen LogP contribution < -0.4 is 20.3 Å². The summed E-state index contributed by atoms with van der Waals surface area (Å²) in [6.07, 6.45) is 1.35. The van der Waals surface area contributed by atoms with Gasteiger partial charge in [0.25, 0.3) is 5.91 Å². The molecule has 2 fully saturated rings. The summed E-state index contributed by atoms with van der Waals surface area (Å²) in [5.74, 6) is -0.736. The van der Waals surface area contributed by atoms with Crippen LogP contribution in [-0.4, -0.2) is 75.1 Å². The average Bonchev–Trinajstić information content (AvgIpc) is 3.56. The van der Waals surface area contributed by atoms with E-state index >= 15 is 4.11 Å². The zero-order valence-corrected chi connectivity index (χ0v) is 31.4. The molecule has 10 nitrogen and oxygen atoms in total. The molecular formula is C40H49FN4O6Si. The monoisotopic (exact) mass is 728 g/mol. The lowest BCUT2D eigenvalue weighted by Gasteiger charge is -2.37. The van der Waals surface area contributed by atoms with E-state index in [-0.39, 0.29) is 43.2 Å². The van der Waals surface area contributed by atoms with Crippen LogP contribution in [0.3, 0.4) is 0 Å². The number of hydrogen-bond acceptors (Lipinski definition) is 7. The number of benzene rings is 3. The smallest absolute Gasteiger partial charge is 0.264 e. The Bertz CT molecular complexity index is 1850. The molecule has 2 saturated heterocycles. The Morgan fingerprint density at radius 2 is 1.90 bits per heavy atom. The molecule has 0 radical (unpaired) electrons. The van der Waals surface area contributed by atoms with Crippen molar-refractivity contribution in [1.29, 1.82) is 0 Å². The molecule has 4 aliphatic rings. The summed E-state index contributed by atoms with van der Waals surface area (Å²) < 4.78 is 29.0. The molecule has 1 unspecified atom stereocenters. The van der Waals surface area contributed by atoms with Gasteiger partial charge in [-0.25, -0.2) is 0 Å². The van der Waals surface area contributed by atoms with Crippen molar-refractivity contribution in [3.8, 4) is 5.75 Å². The normalized spacial score (nSPS) is 27.0. The first-order chi connectivity index (χ1) is 24.9. The zero-order valence-electron chi connectivity index (χ0n) is 30.4. The van der Waals surface area contributed by atoms with Gasteiger partial charge in [0.15, 0.2) is 5.60 Å². The summed E-state index contributed by atoms with van der Waals surface area (Å²) in [4.78, 5) is 45.5. The molecule has 52 heavy (non-hydrogen) atoms. The third-order valence-corrected chi connectivity index (χ3v) is 14.1. The topological polar surface area (TPSA) is 120 Å². The van der Waals surface area contributed by atoms with E-state index in [0.717, 1.165) is 36.1 Å². The van der Waals surface area contributed by atoms with E-state index in [4.69, 9.17) is 9.47 Å². The minimum atomic E-state index is -3.54. The second kappa shape index (κ2) is 14.4. The number of fused-ring (bicyclic) bond motifs is 3. The van der Waals surface area contributed by atoms with Gasteiger partial charge in [0.2, 0.25) is 20.2 Å².